The lowest BCUT2D eigenvalue weighted by molar-refractivity contribution is -0.894. The second kappa shape index (κ2) is 7.51. The van der Waals surface area contributed by atoms with Crippen LogP contribution in [0.1, 0.15) is 0 Å². The highest BCUT2D eigenvalue weighted by atomic mass is 127. The Balaban J connectivity index is 0.00000220. The topological polar surface area (TPSA) is 41.6 Å². The molecule has 0 saturated carbocycles. The van der Waals surface area contributed by atoms with Crippen LogP contribution in [0.15, 0.2) is 18.2 Å². The van der Waals surface area contributed by atoms with Crippen LogP contribution in [0.5, 0.6) is 5.75 Å². The molecule has 0 atom stereocenters. The van der Waals surface area contributed by atoms with Crippen molar-refractivity contribution < 1.29 is 38.0 Å². The number of nitrogens with zero attached hydrogens (tertiary/aromatic N) is 2. The number of halogens is 2. The van der Waals surface area contributed by atoms with Gasteiger partial charge in [0.1, 0.15) is 5.75 Å². The van der Waals surface area contributed by atoms with Crippen LogP contribution in [0.3, 0.4) is 0 Å². The first-order valence-corrected chi connectivity index (χ1v) is 7.00. The molecule has 21 heavy (non-hydrogen) atoms. The standard InChI is InChI=1S/C14H20ClN3O2.HI/c1-18(2)8-6-17(7-9-18)14(19)16-12-10-11(15)4-5-13(12)20-3;/h4-5,10H,6-9H2,1-3H3;1H. The van der Waals surface area contributed by atoms with Crippen LogP contribution in [0.2, 0.25) is 5.02 Å². The number of ether oxygens (including phenoxy) is 1. The van der Waals surface area contributed by atoms with Crippen LogP contribution in [0, 0.1) is 0 Å². The molecule has 118 valence electrons. The van der Waals surface area contributed by atoms with Crippen LogP contribution in [0.25, 0.3) is 0 Å². The van der Waals surface area contributed by atoms with Crippen molar-refractivity contribution in [3.05, 3.63) is 23.2 Å². The summed E-state index contributed by atoms with van der Waals surface area (Å²) in [7, 11) is 5.92. The summed E-state index contributed by atoms with van der Waals surface area (Å²) in [5, 5.41) is 3.44. The maximum absolute atomic E-state index is 12.3. The Bertz CT molecular complexity index is 501. The number of hydrogen-bond donors (Lipinski definition) is 1. The largest absolute Gasteiger partial charge is 1.00 e. The van der Waals surface area contributed by atoms with E-state index in [4.69, 9.17) is 16.3 Å². The Kier molecular flexibility index (Phi) is 6.55. The highest BCUT2D eigenvalue weighted by Gasteiger charge is 2.27. The zero-order chi connectivity index (χ0) is 14.8. The summed E-state index contributed by atoms with van der Waals surface area (Å²) in [6.45, 7) is 3.42. The first-order valence-electron chi connectivity index (χ1n) is 6.63. The molecular formula is C14H21ClIN3O2. The Morgan fingerprint density at radius 2 is 1.95 bits per heavy atom. The van der Waals surface area contributed by atoms with Crippen molar-refractivity contribution in [2.75, 3.05) is 52.7 Å². The van der Waals surface area contributed by atoms with Gasteiger partial charge in [0.15, 0.2) is 0 Å². The zero-order valence-electron chi connectivity index (χ0n) is 12.5. The Hall–Kier alpha value is -0.730. The van der Waals surface area contributed by atoms with E-state index in [9.17, 15) is 4.79 Å². The predicted octanol–water partition coefficient (Wildman–Crippen LogP) is -0.723. The number of benzene rings is 1. The van der Waals surface area contributed by atoms with Gasteiger partial charge in [-0.15, -0.1) is 0 Å². The van der Waals surface area contributed by atoms with E-state index in [1.165, 1.54) is 0 Å². The van der Waals surface area contributed by atoms with Crippen LogP contribution < -0.4 is 34.0 Å². The van der Waals surface area contributed by atoms with Gasteiger partial charge in [0.05, 0.1) is 53.1 Å². The normalized spacial score (nSPS) is 16.9. The fourth-order valence-corrected chi connectivity index (χ4v) is 2.35. The number of nitrogens with one attached hydrogen (secondary N) is 1. The number of likely N-dealkylation sites (N-methyl/N-ethyl adjacent to an activating group) is 1. The molecule has 1 heterocycles. The van der Waals surface area contributed by atoms with Crippen molar-refractivity contribution in [1.29, 1.82) is 0 Å². The molecule has 0 bridgehead atoms. The molecule has 1 N–H and O–H groups in total. The number of methoxy groups -OCH3 is 1. The highest BCUT2D eigenvalue weighted by Crippen LogP contribution is 2.28. The van der Waals surface area contributed by atoms with Crippen LogP contribution in [-0.4, -0.2) is 62.8 Å². The third-order valence-electron chi connectivity index (χ3n) is 3.64. The van der Waals surface area contributed by atoms with Gasteiger partial charge in [-0.05, 0) is 18.2 Å². The SMILES string of the molecule is COc1ccc(Cl)cc1NC(=O)N1CC[N+](C)(C)CC1.[I-]. The molecule has 7 heteroatoms. The second-order valence-electron chi connectivity index (χ2n) is 5.64. The lowest BCUT2D eigenvalue weighted by Crippen LogP contribution is -3.00. The summed E-state index contributed by atoms with van der Waals surface area (Å²) >= 11 is 5.96. The van der Waals surface area contributed by atoms with Gasteiger partial charge in [0, 0.05) is 5.02 Å². The number of quaternary nitrogens is 1. The van der Waals surface area contributed by atoms with E-state index in [0.29, 0.717) is 16.5 Å². The molecule has 1 aromatic rings. The molecule has 5 nitrogen and oxygen atoms in total. The molecule has 0 unspecified atom stereocenters. The van der Waals surface area contributed by atoms with Gasteiger partial charge in [0.25, 0.3) is 0 Å². The number of carbonyl (C=O) groups is 1. The van der Waals surface area contributed by atoms with E-state index >= 15 is 0 Å². The predicted molar refractivity (Wildman–Crippen MR) is 80.4 cm³/mol. The third-order valence-corrected chi connectivity index (χ3v) is 3.88. The molecule has 1 aliphatic rings. The van der Waals surface area contributed by atoms with E-state index in [1.54, 1.807) is 25.3 Å². The molecule has 1 aromatic carbocycles. The van der Waals surface area contributed by atoms with Crippen molar-refractivity contribution in [2.24, 2.45) is 0 Å². The maximum Gasteiger partial charge on any atom is 0.322 e. The number of carbonyl (C=O) groups excluding carboxylic acids is 1. The summed E-state index contributed by atoms with van der Waals surface area (Å²) in [6.07, 6.45) is 0. The van der Waals surface area contributed by atoms with Crippen molar-refractivity contribution >= 4 is 23.3 Å². The van der Waals surface area contributed by atoms with Gasteiger partial charge in [-0.1, -0.05) is 11.6 Å². The first kappa shape index (κ1) is 18.3. The fraction of sp³-hybridized carbons (Fsp3) is 0.500. The Labute approximate surface area is 147 Å². The number of hydrogen-bond acceptors (Lipinski definition) is 2. The molecule has 0 aliphatic carbocycles. The summed E-state index contributed by atoms with van der Waals surface area (Å²) < 4.78 is 6.18. The van der Waals surface area contributed by atoms with Crippen LogP contribution >= 0.6 is 11.6 Å². The van der Waals surface area contributed by atoms with Crippen molar-refractivity contribution in [1.82, 2.24) is 4.90 Å². The third kappa shape index (κ3) is 4.89. The van der Waals surface area contributed by atoms with E-state index < -0.39 is 0 Å². The molecule has 0 radical (unpaired) electrons. The number of rotatable bonds is 2. The van der Waals surface area contributed by atoms with Gasteiger partial charge in [-0.3, -0.25) is 0 Å². The summed E-state index contributed by atoms with van der Waals surface area (Å²) in [4.78, 5) is 14.1. The van der Waals surface area contributed by atoms with E-state index in [1.807, 2.05) is 4.90 Å². The number of amides is 2. The molecule has 2 rings (SSSR count). The lowest BCUT2D eigenvalue weighted by atomic mass is 10.3. The van der Waals surface area contributed by atoms with Crippen LogP contribution in [-0.2, 0) is 0 Å². The lowest BCUT2D eigenvalue weighted by Gasteiger charge is -2.38. The van der Waals surface area contributed by atoms with Gasteiger partial charge in [-0.25, -0.2) is 4.79 Å². The molecule has 1 aliphatic heterocycles. The smallest absolute Gasteiger partial charge is 0.322 e. The van der Waals surface area contributed by atoms with Gasteiger partial charge in [0.2, 0.25) is 0 Å². The Morgan fingerprint density at radius 3 is 2.52 bits per heavy atom. The average Bonchev–Trinajstić information content (AvgIpc) is 2.38. The molecule has 1 saturated heterocycles. The van der Waals surface area contributed by atoms with Gasteiger partial charge in [-0.2, -0.15) is 0 Å². The summed E-state index contributed by atoms with van der Waals surface area (Å²) in [6, 6.07) is 5.07. The van der Waals surface area contributed by atoms with Gasteiger partial charge >= 0.3 is 6.03 Å². The maximum atomic E-state index is 12.3. The first-order chi connectivity index (χ1) is 9.41. The molecule has 0 aromatic heterocycles. The van der Waals surface area contributed by atoms with Crippen molar-refractivity contribution in [3.63, 3.8) is 0 Å². The number of urea groups is 1. The van der Waals surface area contributed by atoms with Crippen molar-refractivity contribution in [3.8, 4) is 5.75 Å². The number of piperazine rings is 1. The minimum absolute atomic E-state index is 0. The molecule has 2 amide bonds. The quantitative estimate of drug-likeness (QED) is 0.502. The Morgan fingerprint density at radius 1 is 1.33 bits per heavy atom. The molecular weight excluding hydrogens is 405 g/mol. The molecule has 1 fully saturated rings. The zero-order valence-corrected chi connectivity index (χ0v) is 15.4. The van der Waals surface area contributed by atoms with Crippen molar-refractivity contribution in [2.45, 2.75) is 0 Å². The minimum atomic E-state index is -0.106. The van der Waals surface area contributed by atoms with E-state index in [0.717, 1.165) is 30.7 Å². The summed E-state index contributed by atoms with van der Waals surface area (Å²) in [5.74, 6) is 0.607. The van der Waals surface area contributed by atoms with Gasteiger partial charge < -0.3 is 43.4 Å². The second-order valence-corrected chi connectivity index (χ2v) is 6.08. The minimum Gasteiger partial charge on any atom is -1.00 e. The van der Waals surface area contributed by atoms with E-state index in [2.05, 4.69) is 19.4 Å². The fourth-order valence-electron chi connectivity index (χ4n) is 2.18. The molecule has 0 spiro atoms. The van der Waals surface area contributed by atoms with Crippen LogP contribution in [0.4, 0.5) is 10.5 Å². The van der Waals surface area contributed by atoms with E-state index in [-0.39, 0.29) is 30.0 Å². The average molecular weight is 426 g/mol. The monoisotopic (exact) mass is 425 g/mol. The number of anilines is 1. The highest BCUT2D eigenvalue weighted by molar-refractivity contribution is 6.31. The summed E-state index contributed by atoms with van der Waals surface area (Å²) in [5.41, 5.74) is 0.601.